The van der Waals surface area contributed by atoms with Crippen molar-refractivity contribution in [1.82, 2.24) is 0 Å². The van der Waals surface area contributed by atoms with E-state index in [-0.39, 0.29) is 11.9 Å². The highest BCUT2D eigenvalue weighted by Gasteiger charge is 2.39. The molecule has 0 saturated heterocycles. The Hall–Kier alpha value is -1.35. The second kappa shape index (κ2) is 5.11. The smallest absolute Gasteiger partial charge is 0.326 e. The maximum absolute atomic E-state index is 12.1. The molecule has 1 aromatic rings. The molecule has 0 bridgehead atoms. The fourth-order valence-electron chi connectivity index (χ4n) is 1.65. The van der Waals surface area contributed by atoms with Crippen molar-refractivity contribution in [3.8, 4) is 0 Å². The number of carbonyl (C=O) groups excluding carboxylic acids is 1. The number of carbonyl (C=O) groups is 1. The standard InChI is InChI=1S/C15H23NO2/c1-11(12-9-7-6-8-10-12)15(5,16)13(17)18-14(2,3)4/h6-11H,16H2,1-5H3/t11-,15-/m1/s1. The molecular formula is C15H23NO2. The van der Waals surface area contributed by atoms with Gasteiger partial charge in [-0.3, -0.25) is 4.79 Å². The molecular weight excluding hydrogens is 226 g/mol. The summed E-state index contributed by atoms with van der Waals surface area (Å²) in [7, 11) is 0. The van der Waals surface area contributed by atoms with E-state index < -0.39 is 11.1 Å². The normalized spacial score (nSPS) is 16.8. The quantitative estimate of drug-likeness (QED) is 0.838. The molecule has 2 atom stereocenters. The Balaban J connectivity index is 2.89. The minimum atomic E-state index is -1.03. The molecule has 0 amide bonds. The van der Waals surface area contributed by atoms with Crippen molar-refractivity contribution in [3.63, 3.8) is 0 Å². The summed E-state index contributed by atoms with van der Waals surface area (Å²) >= 11 is 0. The maximum atomic E-state index is 12.1. The number of ether oxygens (including phenoxy) is 1. The third-order valence-electron chi connectivity index (χ3n) is 3.04. The van der Waals surface area contributed by atoms with Crippen molar-refractivity contribution in [2.45, 2.75) is 51.7 Å². The van der Waals surface area contributed by atoms with Gasteiger partial charge in [0.25, 0.3) is 0 Å². The summed E-state index contributed by atoms with van der Waals surface area (Å²) in [6.07, 6.45) is 0. The highest BCUT2D eigenvalue weighted by atomic mass is 16.6. The first-order valence-electron chi connectivity index (χ1n) is 6.22. The molecule has 0 spiro atoms. The van der Waals surface area contributed by atoms with Crippen molar-refractivity contribution in [2.24, 2.45) is 5.73 Å². The third-order valence-corrected chi connectivity index (χ3v) is 3.04. The van der Waals surface area contributed by atoms with Crippen molar-refractivity contribution in [1.29, 1.82) is 0 Å². The molecule has 18 heavy (non-hydrogen) atoms. The average Bonchev–Trinajstić information content (AvgIpc) is 2.27. The molecule has 1 rings (SSSR count). The van der Waals surface area contributed by atoms with Crippen LogP contribution in [0.2, 0.25) is 0 Å². The third kappa shape index (κ3) is 3.57. The number of hydrogen-bond donors (Lipinski definition) is 1. The van der Waals surface area contributed by atoms with Crippen LogP contribution in [0.25, 0.3) is 0 Å². The van der Waals surface area contributed by atoms with Crippen molar-refractivity contribution >= 4 is 5.97 Å². The van der Waals surface area contributed by atoms with Crippen molar-refractivity contribution in [2.75, 3.05) is 0 Å². The van der Waals surface area contributed by atoms with Crippen LogP contribution < -0.4 is 5.73 Å². The van der Waals surface area contributed by atoms with Gasteiger partial charge in [-0.25, -0.2) is 0 Å². The monoisotopic (exact) mass is 249 g/mol. The van der Waals surface area contributed by atoms with E-state index in [1.807, 2.05) is 58.0 Å². The number of hydrogen-bond acceptors (Lipinski definition) is 3. The number of nitrogens with two attached hydrogens (primary N) is 1. The fraction of sp³-hybridized carbons (Fsp3) is 0.533. The van der Waals surface area contributed by atoms with Crippen LogP contribution in [0.5, 0.6) is 0 Å². The highest BCUT2D eigenvalue weighted by molar-refractivity contribution is 5.81. The van der Waals surface area contributed by atoms with Crippen LogP contribution >= 0.6 is 0 Å². The Bertz CT molecular complexity index is 404. The molecule has 1 aromatic carbocycles. The predicted octanol–water partition coefficient (Wildman–Crippen LogP) is 2.85. The van der Waals surface area contributed by atoms with Crippen LogP contribution in [0.15, 0.2) is 30.3 Å². The first-order chi connectivity index (χ1) is 8.14. The molecule has 2 N–H and O–H groups in total. The van der Waals surface area contributed by atoms with Gasteiger partial charge >= 0.3 is 5.97 Å². The van der Waals surface area contributed by atoms with Gasteiger partial charge < -0.3 is 10.5 Å². The van der Waals surface area contributed by atoms with E-state index in [2.05, 4.69) is 0 Å². The molecule has 3 nitrogen and oxygen atoms in total. The molecule has 0 aliphatic carbocycles. The van der Waals surface area contributed by atoms with Crippen LogP contribution in [-0.2, 0) is 9.53 Å². The van der Waals surface area contributed by atoms with Crippen molar-refractivity contribution < 1.29 is 9.53 Å². The van der Waals surface area contributed by atoms with E-state index in [1.165, 1.54) is 0 Å². The lowest BCUT2D eigenvalue weighted by molar-refractivity contribution is -0.161. The Kier molecular flexibility index (Phi) is 4.17. The van der Waals surface area contributed by atoms with Crippen LogP contribution in [0, 0.1) is 0 Å². The summed E-state index contributed by atoms with van der Waals surface area (Å²) in [5.41, 5.74) is 5.65. The van der Waals surface area contributed by atoms with Crippen LogP contribution in [0.1, 0.15) is 46.1 Å². The minimum Gasteiger partial charge on any atom is -0.459 e. The maximum Gasteiger partial charge on any atom is 0.326 e. The molecule has 0 aromatic heterocycles. The largest absolute Gasteiger partial charge is 0.459 e. The van der Waals surface area contributed by atoms with Crippen LogP contribution in [0.3, 0.4) is 0 Å². The molecule has 100 valence electrons. The molecule has 0 saturated carbocycles. The topological polar surface area (TPSA) is 52.3 Å². The first-order valence-corrected chi connectivity index (χ1v) is 6.22. The minimum absolute atomic E-state index is 0.103. The zero-order valence-electron chi connectivity index (χ0n) is 11.9. The predicted molar refractivity (Wildman–Crippen MR) is 73.3 cm³/mol. The average molecular weight is 249 g/mol. The fourth-order valence-corrected chi connectivity index (χ4v) is 1.65. The first kappa shape index (κ1) is 14.7. The van der Waals surface area contributed by atoms with Crippen LogP contribution in [-0.4, -0.2) is 17.1 Å². The second-order valence-electron chi connectivity index (χ2n) is 5.92. The molecule has 0 unspecified atom stereocenters. The number of esters is 1. The molecule has 0 aliphatic rings. The summed E-state index contributed by atoms with van der Waals surface area (Å²) in [6.45, 7) is 9.19. The highest BCUT2D eigenvalue weighted by Crippen LogP contribution is 2.28. The summed E-state index contributed by atoms with van der Waals surface area (Å²) < 4.78 is 5.38. The van der Waals surface area contributed by atoms with Crippen LogP contribution in [0.4, 0.5) is 0 Å². The Morgan fingerprint density at radius 3 is 2.11 bits per heavy atom. The Labute approximate surface area is 109 Å². The number of benzene rings is 1. The van der Waals surface area contributed by atoms with E-state index in [1.54, 1.807) is 6.92 Å². The second-order valence-corrected chi connectivity index (χ2v) is 5.92. The van der Waals surface area contributed by atoms with Gasteiger partial charge in [0.15, 0.2) is 0 Å². The molecule has 3 heteroatoms. The van der Waals surface area contributed by atoms with Gasteiger partial charge in [0.1, 0.15) is 11.1 Å². The summed E-state index contributed by atoms with van der Waals surface area (Å²) in [6, 6.07) is 9.77. The van der Waals surface area contributed by atoms with Gasteiger partial charge in [-0.15, -0.1) is 0 Å². The molecule has 0 aliphatic heterocycles. The lowest BCUT2D eigenvalue weighted by Crippen LogP contribution is -2.52. The SMILES string of the molecule is C[C@H](c1ccccc1)[C@@](C)(N)C(=O)OC(C)(C)C. The number of rotatable bonds is 3. The van der Waals surface area contributed by atoms with E-state index >= 15 is 0 Å². The van der Waals surface area contributed by atoms with E-state index in [9.17, 15) is 4.79 Å². The van der Waals surface area contributed by atoms with Crippen molar-refractivity contribution in [3.05, 3.63) is 35.9 Å². The lowest BCUT2D eigenvalue weighted by Gasteiger charge is -2.33. The Morgan fingerprint density at radius 1 is 1.17 bits per heavy atom. The van der Waals surface area contributed by atoms with Gasteiger partial charge in [0.05, 0.1) is 0 Å². The van der Waals surface area contributed by atoms with E-state index in [0.717, 1.165) is 5.56 Å². The lowest BCUT2D eigenvalue weighted by atomic mass is 9.82. The zero-order chi connectivity index (χ0) is 14.0. The summed E-state index contributed by atoms with van der Waals surface area (Å²) in [5, 5.41) is 0. The van der Waals surface area contributed by atoms with Gasteiger partial charge in [0, 0.05) is 5.92 Å². The summed E-state index contributed by atoms with van der Waals surface area (Å²) in [4.78, 5) is 12.1. The van der Waals surface area contributed by atoms with E-state index in [4.69, 9.17) is 10.5 Å². The van der Waals surface area contributed by atoms with Gasteiger partial charge in [0.2, 0.25) is 0 Å². The molecule has 0 fully saturated rings. The van der Waals surface area contributed by atoms with Gasteiger partial charge in [-0.1, -0.05) is 37.3 Å². The summed E-state index contributed by atoms with van der Waals surface area (Å²) in [5.74, 6) is -0.472. The molecule has 0 radical (unpaired) electrons. The van der Waals surface area contributed by atoms with Gasteiger partial charge in [-0.2, -0.15) is 0 Å². The van der Waals surface area contributed by atoms with Gasteiger partial charge in [-0.05, 0) is 33.3 Å². The molecule has 0 heterocycles. The zero-order valence-corrected chi connectivity index (χ0v) is 11.9. The Morgan fingerprint density at radius 2 is 1.67 bits per heavy atom. The van der Waals surface area contributed by atoms with E-state index in [0.29, 0.717) is 0 Å².